The Hall–Kier alpha value is -1.00. The van der Waals surface area contributed by atoms with E-state index in [4.69, 9.17) is 5.11 Å². The van der Waals surface area contributed by atoms with Crippen LogP contribution in [0.3, 0.4) is 0 Å². The lowest BCUT2D eigenvalue weighted by molar-refractivity contribution is 0.250. The summed E-state index contributed by atoms with van der Waals surface area (Å²) < 4.78 is 25.8. The normalized spacial score (nSPS) is 12.9. The summed E-state index contributed by atoms with van der Waals surface area (Å²) in [5.41, 5.74) is 0.269. The first-order valence-corrected chi connectivity index (χ1v) is 4.42. The SMILES string of the molecule is C[C@@H](CO)NCc1cccc(F)c1F. The van der Waals surface area contributed by atoms with Gasteiger partial charge in [-0.25, -0.2) is 8.78 Å². The first-order chi connectivity index (χ1) is 6.65. The molecule has 0 aliphatic carbocycles. The average molecular weight is 201 g/mol. The molecule has 1 atom stereocenters. The smallest absolute Gasteiger partial charge is 0.163 e. The van der Waals surface area contributed by atoms with Crippen molar-refractivity contribution in [3.63, 3.8) is 0 Å². The van der Waals surface area contributed by atoms with Crippen molar-refractivity contribution >= 4 is 0 Å². The van der Waals surface area contributed by atoms with Crippen LogP contribution in [0.15, 0.2) is 18.2 Å². The number of benzene rings is 1. The second-order valence-corrected chi connectivity index (χ2v) is 3.18. The van der Waals surface area contributed by atoms with Crippen molar-refractivity contribution in [1.82, 2.24) is 5.32 Å². The summed E-state index contributed by atoms with van der Waals surface area (Å²) >= 11 is 0. The number of hydrogen-bond donors (Lipinski definition) is 2. The highest BCUT2D eigenvalue weighted by atomic mass is 19.2. The number of nitrogens with one attached hydrogen (secondary N) is 1. The molecule has 78 valence electrons. The van der Waals surface area contributed by atoms with Gasteiger partial charge in [-0.2, -0.15) is 0 Å². The van der Waals surface area contributed by atoms with E-state index < -0.39 is 11.6 Å². The lowest BCUT2D eigenvalue weighted by Gasteiger charge is -2.10. The average Bonchev–Trinajstić information content (AvgIpc) is 2.20. The van der Waals surface area contributed by atoms with Crippen LogP contribution in [0.2, 0.25) is 0 Å². The topological polar surface area (TPSA) is 32.3 Å². The minimum Gasteiger partial charge on any atom is -0.395 e. The molecule has 1 aromatic rings. The number of hydrogen-bond acceptors (Lipinski definition) is 2. The molecule has 1 aromatic carbocycles. The van der Waals surface area contributed by atoms with Crippen LogP contribution in [0, 0.1) is 11.6 Å². The maximum absolute atomic E-state index is 13.1. The molecule has 14 heavy (non-hydrogen) atoms. The van der Waals surface area contributed by atoms with Crippen molar-refractivity contribution in [2.75, 3.05) is 6.61 Å². The Labute approximate surface area is 81.6 Å². The van der Waals surface area contributed by atoms with Crippen LogP contribution in [0.5, 0.6) is 0 Å². The molecule has 0 heterocycles. The minimum atomic E-state index is -0.846. The Bertz CT molecular complexity index is 304. The molecule has 0 aliphatic rings. The van der Waals surface area contributed by atoms with Crippen LogP contribution in [0.1, 0.15) is 12.5 Å². The van der Waals surface area contributed by atoms with Crippen molar-refractivity contribution < 1.29 is 13.9 Å². The molecule has 0 aromatic heterocycles. The number of halogens is 2. The fraction of sp³-hybridized carbons (Fsp3) is 0.400. The quantitative estimate of drug-likeness (QED) is 0.772. The Morgan fingerprint density at radius 1 is 1.43 bits per heavy atom. The Kier molecular flexibility index (Phi) is 3.98. The molecule has 1 rings (SSSR count). The summed E-state index contributed by atoms with van der Waals surface area (Å²) in [5, 5.41) is 11.6. The Morgan fingerprint density at radius 2 is 2.14 bits per heavy atom. The maximum atomic E-state index is 13.1. The van der Waals surface area contributed by atoms with Gasteiger partial charge in [-0.05, 0) is 13.0 Å². The van der Waals surface area contributed by atoms with Gasteiger partial charge >= 0.3 is 0 Å². The molecule has 0 radical (unpaired) electrons. The number of aliphatic hydroxyl groups excluding tert-OH is 1. The molecule has 0 unspecified atom stereocenters. The highest BCUT2D eigenvalue weighted by Gasteiger charge is 2.07. The van der Waals surface area contributed by atoms with Crippen LogP contribution in [-0.2, 0) is 6.54 Å². The van der Waals surface area contributed by atoms with Crippen molar-refractivity contribution in [2.45, 2.75) is 19.5 Å². The van der Waals surface area contributed by atoms with Gasteiger partial charge in [0.1, 0.15) is 0 Å². The maximum Gasteiger partial charge on any atom is 0.163 e. The molecule has 0 bridgehead atoms. The molecule has 0 spiro atoms. The lowest BCUT2D eigenvalue weighted by Crippen LogP contribution is -2.29. The first-order valence-electron chi connectivity index (χ1n) is 4.42. The van der Waals surface area contributed by atoms with Gasteiger partial charge in [0.15, 0.2) is 11.6 Å². The molecule has 2 N–H and O–H groups in total. The fourth-order valence-corrected chi connectivity index (χ4v) is 1.03. The summed E-state index contributed by atoms with van der Waals surface area (Å²) in [6.07, 6.45) is 0. The third-order valence-electron chi connectivity index (χ3n) is 1.95. The summed E-state index contributed by atoms with van der Waals surface area (Å²) in [6, 6.07) is 3.92. The molecule has 4 heteroatoms. The zero-order valence-corrected chi connectivity index (χ0v) is 7.93. The van der Waals surface area contributed by atoms with Crippen molar-refractivity contribution in [1.29, 1.82) is 0 Å². The molecular formula is C10H13F2NO. The first kappa shape index (κ1) is 11.1. The van der Waals surface area contributed by atoms with E-state index in [2.05, 4.69) is 5.32 Å². The fourth-order valence-electron chi connectivity index (χ4n) is 1.03. The minimum absolute atomic E-state index is 0.0308. The molecule has 0 amide bonds. The van der Waals surface area contributed by atoms with E-state index >= 15 is 0 Å². The van der Waals surface area contributed by atoms with Gasteiger partial charge in [0, 0.05) is 18.2 Å². The summed E-state index contributed by atoms with van der Waals surface area (Å²) in [5.74, 6) is -1.67. The lowest BCUT2D eigenvalue weighted by atomic mass is 10.2. The van der Waals surface area contributed by atoms with Crippen molar-refractivity contribution in [3.05, 3.63) is 35.4 Å². The predicted molar refractivity (Wildman–Crippen MR) is 49.7 cm³/mol. The molecule has 0 aliphatic heterocycles. The zero-order chi connectivity index (χ0) is 10.6. The monoisotopic (exact) mass is 201 g/mol. The van der Waals surface area contributed by atoms with E-state index in [1.807, 2.05) is 0 Å². The third kappa shape index (κ3) is 2.75. The summed E-state index contributed by atoms with van der Waals surface area (Å²) in [7, 11) is 0. The van der Waals surface area contributed by atoms with Gasteiger partial charge < -0.3 is 10.4 Å². The van der Waals surface area contributed by atoms with Crippen LogP contribution in [0.25, 0.3) is 0 Å². The van der Waals surface area contributed by atoms with E-state index in [-0.39, 0.29) is 24.8 Å². The second-order valence-electron chi connectivity index (χ2n) is 3.18. The van der Waals surface area contributed by atoms with Gasteiger partial charge in [0.25, 0.3) is 0 Å². The van der Waals surface area contributed by atoms with Crippen LogP contribution >= 0.6 is 0 Å². The molecule has 0 fully saturated rings. The second kappa shape index (κ2) is 5.02. The van der Waals surface area contributed by atoms with Gasteiger partial charge in [0.2, 0.25) is 0 Å². The van der Waals surface area contributed by atoms with Gasteiger partial charge in [-0.1, -0.05) is 12.1 Å². The molecular weight excluding hydrogens is 188 g/mol. The molecule has 2 nitrogen and oxygen atoms in total. The van der Waals surface area contributed by atoms with E-state index in [0.29, 0.717) is 0 Å². The third-order valence-corrected chi connectivity index (χ3v) is 1.95. The van der Waals surface area contributed by atoms with Gasteiger partial charge in [-0.15, -0.1) is 0 Å². The highest BCUT2D eigenvalue weighted by Crippen LogP contribution is 2.10. The van der Waals surface area contributed by atoms with E-state index in [0.717, 1.165) is 6.07 Å². The Balaban J connectivity index is 2.63. The number of rotatable bonds is 4. The number of aliphatic hydroxyl groups is 1. The van der Waals surface area contributed by atoms with Gasteiger partial charge in [0.05, 0.1) is 6.61 Å². The largest absolute Gasteiger partial charge is 0.395 e. The molecule has 0 saturated heterocycles. The van der Waals surface area contributed by atoms with Gasteiger partial charge in [-0.3, -0.25) is 0 Å². The Morgan fingerprint density at radius 3 is 2.79 bits per heavy atom. The van der Waals surface area contributed by atoms with Crippen molar-refractivity contribution in [2.24, 2.45) is 0 Å². The molecule has 0 saturated carbocycles. The highest BCUT2D eigenvalue weighted by molar-refractivity contribution is 5.18. The summed E-state index contributed by atoms with van der Waals surface area (Å²) in [6.45, 7) is 1.94. The standard InChI is InChI=1S/C10H13F2NO/c1-7(6-14)13-5-8-3-2-4-9(11)10(8)12/h2-4,7,13-14H,5-6H2,1H3/t7-/m0/s1. The van der Waals surface area contributed by atoms with E-state index in [1.54, 1.807) is 6.92 Å². The van der Waals surface area contributed by atoms with Crippen LogP contribution in [-0.4, -0.2) is 17.8 Å². The van der Waals surface area contributed by atoms with Crippen LogP contribution < -0.4 is 5.32 Å². The van der Waals surface area contributed by atoms with E-state index in [9.17, 15) is 8.78 Å². The van der Waals surface area contributed by atoms with Crippen LogP contribution in [0.4, 0.5) is 8.78 Å². The zero-order valence-electron chi connectivity index (χ0n) is 7.93. The summed E-state index contributed by atoms with van der Waals surface area (Å²) in [4.78, 5) is 0. The van der Waals surface area contributed by atoms with Crippen molar-refractivity contribution in [3.8, 4) is 0 Å². The predicted octanol–water partition coefficient (Wildman–Crippen LogP) is 1.44. The van der Waals surface area contributed by atoms with E-state index in [1.165, 1.54) is 12.1 Å².